The van der Waals surface area contributed by atoms with Crippen LogP contribution < -0.4 is 14.8 Å². The Hall–Kier alpha value is -2.31. The van der Waals surface area contributed by atoms with Gasteiger partial charge in [-0.05, 0) is 49.9 Å². The summed E-state index contributed by atoms with van der Waals surface area (Å²) in [6, 6.07) is 9.04. The second kappa shape index (κ2) is 8.87. The van der Waals surface area contributed by atoms with Gasteiger partial charge in [-0.25, -0.2) is 4.39 Å². The van der Waals surface area contributed by atoms with Gasteiger partial charge < -0.3 is 14.8 Å². The highest BCUT2D eigenvalue weighted by Gasteiger charge is 2.20. The number of benzene rings is 2. The molecule has 0 bridgehead atoms. The number of carbonyl (C=O) groups is 1. The number of anilines is 1. The van der Waals surface area contributed by atoms with Crippen molar-refractivity contribution in [3.63, 3.8) is 0 Å². The number of methoxy groups -OCH3 is 2. The molecule has 5 nitrogen and oxygen atoms in total. The van der Waals surface area contributed by atoms with Crippen molar-refractivity contribution in [2.75, 3.05) is 26.6 Å². The molecule has 0 saturated heterocycles. The van der Waals surface area contributed by atoms with Crippen LogP contribution in [0.5, 0.6) is 11.5 Å². The lowest BCUT2D eigenvalue weighted by molar-refractivity contribution is -0.120. The van der Waals surface area contributed by atoms with Crippen LogP contribution in [0.1, 0.15) is 12.5 Å². The van der Waals surface area contributed by atoms with Crippen LogP contribution in [0.15, 0.2) is 36.4 Å². The molecule has 1 atom stereocenters. The summed E-state index contributed by atoms with van der Waals surface area (Å²) in [5.41, 5.74) is 1.36. The zero-order chi connectivity index (χ0) is 19.3. The van der Waals surface area contributed by atoms with Crippen molar-refractivity contribution in [2.45, 2.75) is 19.5 Å². The Bertz CT molecular complexity index is 785. The standard InChI is InChI=1S/C19H22ClFN2O3/c1-12(19(24)22-16-7-6-14(21)10-15(16)20)23(2)11-13-5-8-17(25-3)18(9-13)26-4/h5-10,12H,11H2,1-4H3,(H,22,24)/t12-/m0/s1. The maximum absolute atomic E-state index is 13.1. The second-order valence-corrected chi connectivity index (χ2v) is 6.30. The third kappa shape index (κ3) is 4.86. The summed E-state index contributed by atoms with van der Waals surface area (Å²) in [6.07, 6.45) is 0. The van der Waals surface area contributed by atoms with E-state index in [1.807, 2.05) is 30.1 Å². The molecule has 0 aromatic heterocycles. The first kappa shape index (κ1) is 20.0. The van der Waals surface area contributed by atoms with Crippen LogP contribution in [-0.2, 0) is 11.3 Å². The van der Waals surface area contributed by atoms with Crippen molar-refractivity contribution in [3.05, 3.63) is 52.8 Å². The van der Waals surface area contributed by atoms with Crippen LogP contribution in [0.3, 0.4) is 0 Å². The molecule has 0 spiro atoms. The van der Waals surface area contributed by atoms with E-state index in [0.29, 0.717) is 23.7 Å². The first-order chi connectivity index (χ1) is 12.3. The molecule has 0 aliphatic carbocycles. The maximum atomic E-state index is 13.1. The van der Waals surface area contributed by atoms with E-state index in [1.54, 1.807) is 21.1 Å². The molecule has 0 aliphatic heterocycles. The van der Waals surface area contributed by atoms with Crippen molar-refractivity contribution in [3.8, 4) is 11.5 Å². The molecule has 140 valence electrons. The van der Waals surface area contributed by atoms with E-state index >= 15 is 0 Å². The number of carbonyl (C=O) groups excluding carboxylic acids is 1. The zero-order valence-electron chi connectivity index (χ0n) is 15.2. The number of hydrogen-bond acceptors (Lipinski definition) is 4. The maximum Gasteiger partial charge on any atom is 0.241 e. The average Bonchev–Trinajstić information content (AvgIpc) is 2.63. The van der Waals surface area contributed by atoms with E-state index in [4.69, 9.17) is 21.1 Å². The van der Waals surface area contributed by atoms with E-state index < -0.39 is 11.9 Å². The lowest BCUT2D eigenvalue weighted by Crippen LogP contribution is -2.39. The summed E-state index contributed by atoms with van der Waals surface area (Å²) in [6.45, 7) is 2.32. The van der Waals surface area contributed by atoms with E-state index in [0.717, 1.165) is 11.6 Å². The summed E-state index contributed by atoms with van der Waals surface area (Å²) >= 11 is 5.96. The van der Waals surface area contributed by atoms with Crippen molar-refractivity contribution in [2.24, 2.45) is 0 Å². The SMILES string of the molecule is COc1ccc(CN(C)[C@@H](C)C(=O)Nc2ccc(F)cc2Cl)cc1OC. The van der Waals surface area contributed by atoms with Crippen molar-refractivity contribution >= 4 is 23.2 Å². The highest BCUT2D eigenvalue weighted by Crippen LogP contribution is 2.28. The van der Waals surface area contributed by atoms with Crippen LogP contribution in [0.2, 0.25) is 5.02 Å². The molecule has 2 aromatic carbocycles. The van der Waals surface area contributed by atoms with Gasteiger partial charge >= 0.3 is 0 Å². The monoisotopic (exact) mass is 380 g/mol. The number of halogens is 2. The van der Waals surface area contributed by atoms with Gasteiger partial charge in [0.15, 0.2) is 11.5 Å². The molecular formula is C19H22ClFN2O3. The predicted octanol–water partition coefficient (Wildman–Crippen LogP) is 3.96. The van der Waals surface area contributed by atoms with Crippen LogP contribution in [0.4, 0.5) is 10.1 Å². The van der Waals surface area contributed by atoms with E-state index in [-0.39, 0.29) is 10.9 Å². The largest absolute Gasteiger partial charge is 0.493 e. The highest BCUT2D eigenvalue weighted by molar-refractivity contribution is 6.33. The zero-order valence-corrected chi connectivity index (χ0v) is 15.9. The van der Waals surface area contributed by atoms with E-state index in [1.165, 1.54) is 12.1 Å². The second-order valence-electron chi connectivity index (χ2n) is 5.89. The minimum atomic E-state index is -0.452. The first-order valence-corrected chi connectivity index (χ1v) is 8.40. The topological polar surface area (TPSA) is 50.8 Å². The minimum Gasteiger partial charge on any atom is -0.493 e. The Morgan fingerprint density at radius 3 is 2.50 bits per heavy atom. The molecule has 26 heavy (non-hydrogen) atoms. The lowest BCUT2D eigenvalue weighted by atomic mass is 10.1. The van der Waals surface area contributed by atoms with Gasteiger partial charge in [0, 0.05) is 6.54 Å². The molecule has 1 N–H and O–H groups in total. The number of rotatable bonds is 7. The van der Waals surface area contributed by atoms with Crippen LogP contribution >= 0.6 is 11.6 Å². The molecule has 7 heteroatoms. The molecule has 2 aromatic rings. The molecule has 1 amide bonds. The summed E-state index contributed by atoms with van der Waals surface area (Å²) in [5.74, 6) is 0.595. The van der Waals surface area contributed by atoms with Gasteiger partial charge in [0.05, 0.1) is 31.0 Å². The summed E-state index contributed by atoms with van der Waals surface area (Å²) in [4.78, 5) is 14.3. The van der Waals surface area contributed by atoms with Gasteiger partial charge in [-0.15, -0.1) is 0 Å². The van der Waals surface area contributed by atoms with Gasteiger partial charge in [0.25, 0.3) is 0 Å². The Kier molecular flexibility index (Phi) is 6.83. The normalized spacial score (nSPS) is 12.0. The summed E-state index contributed by atoms with van der Waals surface area (Å²) < 4.78 is 23.6. The van der Waals surface area contributed by atoms with Gasteiger partial charge in [-0.1, -0.05) is 17.7 Å². The average molecular weight is 381 g/mol. The van der Waals surface area contributed by atoms with Gasteiger partial charge in [0.2, 0.25) is 5.91 Å². The number of amides is 1. The van der Waals surface area contributed by atoms with Crippen LogP contribution in [0.25, 0.3) is 0 Å². The third-order valence-corrected chi connectivity index (χ3v) is 4.42. The molecule has 0 fully saturated rings. The number of nitrogens with one attached hydrogen (secondary N) is 1. The molecule has 0 radical (unpaired) electrons. The molecule has 0 heterocycles. The third-order valence-electron chi connectivity index (χ3n) is 4.11. The quantitative estimate of drug-likeness (QED) is 0.790. The minimum absolute atomic E-state index is 0.160. The number of ether oxygens (including phenoxy) is 2. The Balaban J connectivity index is 2.04. The fourth-order valence-corrected chi connectivity index (χ4v) is 2.65. The molecular weight excluding hydrogens is 359 g/mol. The smallest absolute Gasteiger partial charge is 0.241 e. The lowest BCUT2D eigenvalue weighted by Gasteiger charge is -2.24. The number of nitrogens with zero attached hydrogens (tertiary/aromatic N) is 1. The van der Waals surface area contributed by atoms with E-state index in [9.17, 15) is 9.18 Å². The van der Waals surface area contributed by atoms with Crippen molar-refractivity contribution < 1.29 is 18.7 Å². The van der Waals surface area contributed by atoms with Crippen molar-refractivity contribution in [1.82, 2.24) is 4.90 Å². The van der Waals surface area contributed by atoms with Gasteiger partial charge in [-0.3, -0.25) is 9.69 Å². The first-order valence-electron chi connectivity index (χ1n) is 8.02. The molecule has 0 aliphatic rings. The van der Waals surface area contributed by atoms with Gasteiger partial charge in [-0.2, -0.15) is 0 Å². The molecule has 0 unspecified atom stereocenters. The Morgan fingerprint density at radius 2 is 1.88 bits per heavy atom. The van der Waals surface area contributed by atoms with Crippen LogP contribution in [-0.4, -0.2) is 38.1 Å². The fourth-order valence-electron chi connectivity index (χ4n) is 2.43. The van der Waals surface area contributed by atoms with Crippen LogP contribution in [0, 0.1) is 5.82 Å². The fraction of sp³-hybridized carbons (Fsp3) is 0.316. The van der Waals surface area contributed by atoms with E-state index in [2.05, 4.69) is 5.32 Å². The Labute approximate surface area is 157 Å². The number of likely N-dealkylation sites (N-methyl/N-ethyl adjacent to an activating group) is 1. The highest BCUT2D eigenvalue weighted by atomic mass is 35.5. The van der Waals surface area contributed by atoms with Gasteiger partial charge in [0.1, 0.15) is 5.82 Å². The summed E-state index contributed by atoms with van der Waals surface area (Å²) in [7, 11) is 5.00. The molecule has 0 saturated carbocycles. The summed E-state index contributed by atoms with van der Waals surface area (Å²) in [5, 5.41) is 2.88. The Morgan fingerprint density at radius 1 is 1.19 bits per heavy atom. The van der Waals surface area contributed by atoms with Crippen molar-refractivity contribution in [1.29, 1.82) is 0 Å². The molecule has 2 rings (SSSR count). The number of hydrogen-bond donors (Lipinski definition) is 1. The predicted molar refractivity (Wildman–Crippen MR) is 101 cm³/mol.